The Labute approximate surface area is 234 Å². The Balaban J connectivity index is 1.23. The Hall–Kier alpha value is -4.43. The molecule has 1 aromatic heterocycles. The molecule has 3 heterocycles. The zero-order valence-electron chi connectivity index (χ0n) is 22.4. The van der Waals surface area contributed by atoms with Crippen LogP contribution in [0.2, 0.25) is 0 Å². The summed E-state index contributed by atoms with van der Waals surface area (Å²) in [6, 6.07) is 21.7. The zero-order chi connectivity index (χ0) is 27.3. The van der Waals surface area contributed by atoms with Crippen LogP contribution in [-0.2, 0) is 24.2 Å². The third-order valence-corrected chi connectivity index (χ3v) is 7.43. The molecule has 0 saturated heterocycles. The van der Waals surface area contributed by atoms with Crippen molar-refractivity contribution in [3.05, 3.63) is 95.2 Å². The summed E-state index contributed by atoms with van der Waals surface area (Å²) in [7, 11) is 0. The lowest BCUT2D eigenvalue weighted by molar-refractivity contribution is 0.0945. The molecule has 204 valence electrons. The number of carbonyl (C=O) groups is 1. The van der Waals surface area contributed by atoms with Crippen molar-refractivity contribution in [2.45, 2.75) is 32.3 Å². The molecule has 1 aliphatic carbocycles. The van der Waals surface area contributed by atoms with Gasteiger partial charge in [0.05, 0.1) is 18.9 Å². The number of nitrogens with one attached hydrogen (secondary N) is 2. The normalized spacial score (nSPS) is 15.8. The molecule has 0 unspecified atom stereocenters. The predicted molar refractivity (Wildman–Crippen MR) is 156 cm³/mol. The third kappa shape index (κ3) is 5.92. The van der Waals surface area contributed by atoms with E-state index in [-0.39, 0.29) is 5.91 Å². The van der Waals surface area contributed by atoms with Gasteiger partial charge in [-0.3, -0.25) is 4.79 Å². The van der Waals surface area contributed by atoms with E-state index in [1.165, 1.54) is 11.1 Å². The van der Waals surface area contributed by atoms with Crippen LogP contribution < -0.4 is 21.1 Å². The van der Waals surface area contributed by atoms with Gasteiger partial charge in [-0.15, -0.1) is 0 Å². The van der Waals surface area contributed by atoms with Crippen LogP contribution in [0.15, 0.2) is 72.9 Å². The number of nitrogens with two attached hydrogens (primary N) is 1. The molecule has 0 atom stereocenters. The van der Waals surface area contributed by atoms with Crippen LogP contribution in [0, 0.1) is 5.92 Å². The molecule has 0 fully saturated rings. The fourth-order valence-corrected chi connectivity index (χ4v) is 5.34. The summed E-state index contributed by atoms with van der Waals surface area (Å²) in [5, 5.41) is 6.28. The molecule has 0 radical (unpaired) electrons. The number of ether oxygens (including phenoxy) is 2. The minimum absolute atomic E-state index is 0.148. The van der Waals surface area contributed by atoms with Gasteiger partial charge in [0.2, 0.25) is 5.95 Å². The topological polar surface area (TPSA) is 111 Å². The second-order valence-corrected chi connectivity index (χ2v) is 10.4. The molecule has 0 saturated carbocycles. The van der Waals surface area contributed by atoms with E-state index in [1.54, 1.807) is 24.4 Å². The Morgan fingerprint density at radius 3 is 2.65 bits per heavy atom. The first-order valence-corrected chi connectivity index (χ1v) is 13.8. The van der Waals surface area contributed by atoms with Crippen molar-refractivity contribution in [2.75, 3.05) is 30.8 Å². The molecule has 4 N–H and O–H groups in total. The van der Waals surface area contributed by atoms with Crippen molar-refractivity contribution in [3.8, 4) is 17.0 Å². The van der Waals surface area contributed by atoms with Gasteiger partial charge in [0.15, 0.2) is 0 Å². The van der Waals surface area contributed by atoms with E-state index in [4.69, 9.17) is 15.2 Å². The number of fused-ring (bicyclic) bond motifs is 10. The SMILES string of the molecule is Nc1cc2ccc1-c1ccnc(n1)Nc1ccc(OCC3Cc4ccccc4C3)c(c1)COCCCCNC2=O. The predicted octanol–water partition coefficient (Wildman–Crippen LogP) is 5.30. The maximum Gasteiger partial charge on any atom is 0.251 e. The molecular weight excluding hydrogens is 502 g/mol. The number of amides is 1. The van der Waals surface area contributed by atoms with Crippen molar-refractivity contribution in [1.82, 2.24) is 15.3 Å². The van der Waals surface area contributed by atoms with Crippen LogP contribution in [0.25, 0.3) is 11.3 Å². The smallest absolute Gasteiger partial charge is 0.251 e. The summed E-state index contributed by atoms with van der Waals surface area (Å²) in [5.41, 5.74) is 13.4. The Bertz CT molecular complexity index is 1500. The van der Waals surface area contributed by atoms with E-state index in [1.807, 2.05) is 24.3 Å². The molecule has 2 aliphatic heterocycles. The molecule has 6 bridgehead atoms. The molecule has 7 rings (SSSR count). The Morgan fingerprint density at radius 2 is 1.82 bits per heavy atom. The van der Waals surface area contributed by atoms with Gasteiger partial charge in [-0.2, -0.15) is 0 Å². The highest BCUT2D eigenvalue weighted by molar-refractivity contribution is 5.96. The van der Waals surface area contributed by atoms with Crippen LogP contribution in [0.1, 0.15) is 39.9 Å². The average molecular weight is 536 g/mol. The quantitative estimate of drug-likeness (QED) is 0.305. The minimum atomic E-state index is -0.148. The Morgan fingerprint density at radius 1 is 0.975 bits per heavy atom. The van der Waals surface area contributed by atoms with Gasteiger partial charge in [-0.05, 0) is 79.3 Å². The van der Waals surface area contributed by atoms with Crippen molar-refractivity contribution < 1.29 is 14.3 Å². The first kappa shape index (κ1) is 25.8. The maximum absolute atomic E-state index is 12.6. The van der Waals surface area contributed by atoms with E-state index in [0.717, 1.165) is 48.2 Å². The number of benzene rings is 3. The van der Waals surface area contributed by atoms with Gasteiger partial charge in [0.25, 0.3) is 5.91 Å². The fourth-order valence-electron chi connectivity index (χ4n) is 5.34. The molecule has 4 aromatic rings. The number of nitrogen functional groups attached to an aromatic ring is 1. The fraction of sp³-hybridized carbons (Fsp3) is 0.281. The van der Waals surface area contributed by atoms with Gasteiger partial charge in [0, 0.05) is 53.3 Å². The molecular formula is C32H33N5O3. The number of hydrogen-bond donors (Lipinski definition) is 3. The highest BCUT2D eigenvalue weighted by Crippen LogP contribution is 2.31. The monoisotopic (exact) mass is 535 g/mol. The number of carbonyl (C=O) groups excluding carboxylic acids is 1. The molecule has 3 aliphatic rings. The molecule has 8 nitrogen and oxygen atoms in total. The van der Waals surface area contributed by atoms with Crippen molar-refractivity contribution >= 4 is 23.2 Å². The minimum Gasteiger partial charge on any atom is -0.493 e. The highest BCUT2D eigenvalue weighted by atomic mass is 16.5. The van der Waals surface area contributed by atoms with Gasteiger partial charge in [-0.25, -0.2) is 9.97 Å². The maximum atomic E-state index is 12.6. The van der Waals surface area contributed by atoms with Crippen LogP contribution in [0.3, 0.4) is 0 Å². The third-order valence-electron chi connectivity index (χ3n) is 7.43. The van der Waals surface area contributed by atoms with E-state index in [2.05, 4.69) is 44.9 Å². The average Bonchev–Trinajstić information content (AvgIpc) is 3.39. The van der Waals surface area contributed by atoms with Crippen LogP contribution in [-0.4, -0.2) is 35.6 Å². The number of nitrogens with zero attached hydrogens (tertiary/aromatic N) is 2. The standard InChI is InChI=1S/C32H33N5O3/c33-28-18-24-7-9-27(28)29-11-13-35-32(37-29)36-26-8-10-30(25(17-26)20-39-14-4-3-12-34-31(24)38)40-19-21-15-22-5-1-2-6-23(22)16-21/h1-2,5-11,13,17-18,21H,3-4,12,14-16,19-20,33H2,(H,34,38)(H,35,36,37). The second kappa shape index (κ2) is 11.8. The Kier molecular flexibility index (Phi) is 7.59. The van der Waals surface area contributed by atoms with Crippen molar-refractivity contribution in [1.29, 1.82) is 0 Å². The van der Waals surface area contributed by atoms with Gasteiger partial charge >= 0.3 is 0 Å². The van der Waals surface area contributed by atoms with E-state index < -0.39 is 0 Å². The van der Waals surface area contributed by atoms with Gasteiger partial charge < -0.3 is 25.8 Å². The molecule has 1 amide bonds. The summed E-state index contributed by atoms with van der Waals surface area (Å²) in [5.74, 6) is 1.58. The first-order valence-electron chi connectivity index (χ1n) is 13.8. The van der Waals surface area contributed by atoms with Crippen molar-refractivity contribution in [2.24, 2.45) is 5.92 Å². The van der Waals surface area contributed by atoms with Gasteiger partial charge in [0.1, 0.15) is 5.75 Å². The molecule has 3 aromatic carbocycles. The van der Waals surface area contributed by atoms with Crippen LogP contribution >= 0.6 is 0 Å². The highest BCUT2D eigenvalue weighted by Gasteiger charge is 2.22. The number of rotatable bonds is 3. The van der Waals surface area contributed by atoms with Crippen LogP contribution in [0.5, 0.6) is 5.75 Å². The van der Waals surface area contributed by atoms with E-state index in [9.17, 15) is 4.79 Å². The first-order chi connectivity index (χ1) is 19.6. The van der Waals surface area contributed by atoms with Crippen LogP contribution in [0.4, 0.5) is 17.3 Å². The van der Waals surface area contributed by atoms with E-state index in [0.29, 0.717) is 55.2 Å². The summed E-state index contributed by atoms with van der Waals surface area (Å²) < 4.78 is 12.4. The molecule has 8 heteroatoms. The summed E-state index contributed by atoms with van der Waals surface area (Å²) >= 11 is 0. The summed E-state index contributed by atoms with van der Waals surface area (Å²) in [6.07, 6.45) is 5.41. The number of hydrogen-bond acceptors (Lipinski definition) is 7. The van der Waals surface area contributed by atoms with E-state index >= 15 is 0 Å². The summed E-state index contributed by atoms with van der Waals surface area (Å²) in [4.78, 5) is 21.7. The lowest BCUT2D eigenvalue weighted by atomic mass is 10.1. The summed E-state index contributed by atoms with van der Waals surface area (Å²) in [6.45, 7) is 2.22. The molecule has 0 spiro atoms. The van der Waals surface area contributed by atoms with Crippen molar-refractivity contribution in [3.63, 3.8) is 0 Å². The lowest BCUT2D eigenvalue weighted by Crippen LogP contribution is -2.24. The number of anilines is 3. The number of aromatic nitrogens is 2. The van der Waals surface area contributed by atoms with Gasteiger partial charge in [-0.1, -0.05) is 24.3 Å². The lowest BCUT2D eigenvalue weighted by Gasteiger charge is -2.17. The second-order valence-electron chi connectivity index (χ2n) is 10.4. The largest absolute Gasteiger partial charge is 0.493 e. The molecule has 40 heavy (non-hydrogen) atoms. The zero-order valence-corrected chi connectivity index (χ0v) is 22.4.